The second kappa shape index (κ2) is 6.67. The van der Waals surface area contributed by atoms with E-state index in [0.29, 0.717) is 28.7 Å². The summed E-state index contributed by atoms with van der Waals surface area (Å²) < 4.78 is 16.8. The van der Waals surface area contributed by atoms with Crippen molar-refractivity contribution in [2.45, 2.75) is 13.8 Å². The Morgan fingerprint density at radius 3 is 2.59 bits per heavy atom. The molecule has 0 aliphatic heterocycles. The van der Waals surface area contributed by atoms with Crippen molar-refractivity contribution in [3.05, 3.63) is 39.1 Å². The van der Waals surface area contributed by atoms with Gasteiger partial charge in [0, 0.05) is 11.8 Å². The molecule has 0 fully saturated rings. The predicted molar refractivity (Wildman–Crippen MR) is 87.4 cm³/mol. The zero-order valence-electron chi connectivity index (χ0n) is 12.7. The van der Waals surface area contributed by atoms with Crippen LogP contribution >= 0.6 is 15.9 Å². The van der Waals surface area contributed by atoms with E-state index < -0.39 is 0 Å². The van der Waals surface area contributed by atoms with Crippen molar-refractivity contribution in [2.75, 3.05) is 14.2 Å². The fraction of sp³-hybridized carbons (Fsp3) is 0.250. The zero-order valence-corrected chi connectivity index (χ0v) is 14.3. The van der Waals surface area contributed by atoms with Gasteiger partial charge in [-0.25, -0.2) is 4.99 Å². The molecule has 0 amide bonds. The number of nitrogens with zero attached hydrogens (tertiary/aromatic N) is 2. The largest absolute Gasteiger partial charge is 0.493 e. The van der Waals surface area contributed by atoms with Crippen molar-refractivity contribution in [1.29, 1.82) is 5.26 Å². The van der Waals surface area contributed by atoms with Gasteiger partial charge >= 0.3 is 0 Å². The van der Waals surface area contributed by atoms with Crippen LogP contribution in [0.1, 0.15) is 22.5 Å². The van der Waals surface area contributed by atoms with Gasteiger partial charge in [-0.1, -0.05) is 0 Å². The molecule has 2 rings (SSSR count). The molecule has 0 atom stereocenters. The van der Waals surface area contributed by atoms with Gasteiger partial charge < -0.3 is 13.9 Å². The number of nitriles is 1. The second-order valence-corrected chi connectivity index (χ2v) is 5.43. The molecule has 1 aromatic carbocycles. The number of halogens is 1. The Labute approximate surface area is 137 Å². The van der Waals surface area contributed by atoms with Crippen LogP contribution in [-0.4, -0.2) is 20.4 Å². The molecule has 0 saturated heterocycles. The highest BCUT2D eigenvalue weighted by molar-refractivity contribution is 9.10. The number of aliphatic imine (C=N–C) groups is 1. The number of furan rings is 1. The fourth-order valence-corrected chi connectivity index (χ4v) is 2.60. The minimum Gasteiger partial charge on any atom is -0.493 e. The summed E-state index contributed by atoms with van der Waals surface area (Å²) in [5, 5.41) is 9.18. The molecular weight excluding hydrogens is 348 g/mol. The number of aryl methyl sites for hydroxylation is 1. The number of benzene rings is 1. The maximum Gasteiger partial charge on any atom is 0.237 e. The highest BCUT2D eigenvalue weighted by atomic mass is 79.9. The smallest absolute Gasteiger partial charge is 0.237 e. The van der Waals surface area contributed by atoms with Crippen LogP contribution in [0.3, 0.4) is 0 Å². The van der Waals surface area contributed by atoms with Crippen molar-refractivity contribution in [3.63, 3.8) is 0 Å². The Hall–Kier alpha value is -2.26. The van der Waals surface area contributed by atoms with E-state index in [1.165, 1.54) is 0 Å². The van der Waals surface area contributed by atoms with E-state index in [4.69, 9.17) is 13.9 Å². The topological polar surface area (TPSA) is 67.8 Å². The van der Waals surface area contributed by atoms with Crippen molar-refractivity contribution in [2.24, 2.45) is 4.99 Å². The summed E-state index contributed by atoms with van der Waals surface area (Å²) in [6.45, 7) is 3.64. The molecule has 114 valence electrons. The molecule has 0 aliphatic carbocycles. The van der Waals surface area contributed by atoms with E-state index in [2.05, 4.69) is 27.0 Å². The predicted octanol–water partition coefficient (Wildman–Crippen LogP) is 4.30. The monoisotopic (exact) mass is 362 g/mol. The lowest BCUT2D eigenvalue weighted by atomic mass is 10.2. The van der Waals surface area contributed by atoms with E-state index in [1.54, 1.807) is 26.5 Å². The Kier molecular flexibility index (Phi) is 4.88. The standard InChI is InChI=1S/C16H15BrN2O3/c1-9-10(2)22-16(12(9)7-18)19-8-11-5-13(17)15(21-4)14(6-11)20-3/h5-6,8H,1-4H3. The summed E-state index contributed by atoms with van der Waals surface area (Å²) >= 11 is 3.43. The number of hydrogen-bond donors (Lipinski definition) is 0. The van der Waals surface area contributed by atoms with Gasteiger partial charge in [0.25, 0.3) is 0 Å². The first kappa shape index (κ1) is 16.1. The van der Waals surface area contributed by atoms with Crippen molar-refractivity contribution in [1.82, 2.24) is 0 Å². The van der Waals surface area contributed by atoms with Crippen LogP contribution in [0.2, 0.25) is 0 Å². The summed E-state index contributed by atoms with van der Waals surface area (Å²) in [4.78, 5) is 4.27. The third kappa shape index (κ3) is 3.00. The molecule has 0 radical (unpaired) electrons. The Balaban J connectivity index is 2.41. The Bertz CT molecular complexity index is 773. The van der Waals surface area contributed by atoms with Gasteiger partial charge in [0.2, 0.25) is 5.88 Å². The average molecular weight is 363 g/mol. The summed E-state index contributed by atoms with van der Waals surface area (Å²) in [6, 6.07) is 5.75. The average Bonchev–Trinajstić information content (AvgIpc) is 2.78. The van der Waals surface area contributed by atoms with Crippen LogP contribution in [0.4, 0.5) is 5.88 Å². The van der Waals surface area contributed by atoms with Crippen LogP contribution in [0.5, 0.6) is 11.5 Å². The molecule has 1 aromatic heterocycles. The summed E-state index contributed by atoms with van der Waals surface area (Å²) in [7, 11) is 3.14. The van der Waals surface area contributed by atoms with Gasteiger partial charge in [0.15, 0.2) is 11.5 Å². The third-order valence-corrected chi connectivity index (χ3v) is 3.85. The van der Waals surface area contributed by atoms with E-state index >= 15 is 0 Å². The van der Waals surface area contributed by atoms with Crippen LogP contribution in [0, 0.1) is 25.2 Å². The van der Waals surface area contributed by atoms with Crippen LogP contribution < -0.4 is 9.47 Å². The zero-order chi connectivity index (χ0) is 16.3. The normalized spacial score (nSPS) is 10.7. The molecule has 0 aliphatic rings. The van der Waals surface area contributed by atoms with Crippen molar-refractivity contribution >= 4 is 28.0 Å². The molecule has 1 heterocycles. The Morgan fingerprint density at radius 1 is 1.27 bits per heavy atom. The van der Waals surface area contributed by atoms with Gasteiger partial charge in [0.05, 0.1) is 18.7 Å². The van der Waals surface area contributed by atoms with Gasteiger partial charge in [-0.05, 0) is 47.5 Å². The van der Waals surface area contributed by atoms with Gasteiger partial charge in [0.1, 0.15) is 17.4 Å². The van der Waals surface area contributed by atoms with Crippen molar-refractivity contribution in [3.8, 4) is 17.6 Å². The number of methoxy groups -OCH3 is 2. The quantitative estimate of drug-likeness (QED) is 0.760. The third-order valence-electron chi connectivity index (χ3n) is 3.27. The number of rotatable bonds is 4. The molecule has 2 aromatic rings. The van der Waals surface area contributed by atoms with Crippen LogP contribution in [-0.2, 0) is 0 Å². The fourth-order valence-electron chi connectivity index (χ4n) is 1.98. The van der Waals surface area contributed by atoms with Crippen molar-refractivity contribution < 1.29 is 13.9 Å². The summed E-state index contributed by atoms with van der Waals surface area (Å²) in [5.41, 5.74) is 2.05. The highest BCUT2D eigenvalue weighted by Gasteiger charge is 2.13. The molecule has 0 N–H and O–H groups in total. The summed E-state index contributed by atoms with van der Waals surface area (Å²) in [5.74, 6) is 2.20. The molecule has 6 heteroatoms. The molecule has 0 saturated carbocycles. The van der Waals surface area contributed by atoms with Gasteiger partial charge in [-0.2, -0.15) is 5.26 Å². The minimum atomic E-state index is 0.309. The number of ether oxygens (including phenoxy) is 2. The lowest BCUT2D eigenvalue weighted by Crippen LogP contribution is -1.93. The lowest BCUT2D eigenvalue weighted by molar-refractivity contribution is 0.353. The molecule has 5 nitrogen and oxygen atoms in total. The molecule has 0 bridgehead atoms. The molecule has 0 spiro atoms. The molecular formula is C16H15BrN2O3. The second-order valence-electron chi connectivity index (χ2n) is 4.57. The lowest BCUT2D eigenvalue weighted by Gasteiger charge is -2.10. The van der Waals surface area contributed by atoms with Gasteiger partial charge in [-0.15, -0.1) is 0 Å². The first-order valence-corrected chi connectivity index (χ1v) is 7.26. The van der Waals surface area contributed by atoms with E-state index in [-0.39, 0.29) is 0 Å². The molecule has 0 unspecified atom stereocenters. The maximum absolute atomic E-state index is 9.18. The maximum atomic E-state index is 9.18. The van der Waals surface area contributed by atoms with E-state index in [9.17, 15) is 5.26 Å². The van der Waals surface area contributed by atoms with Gasteiger partial charge in [-0.3, -0.25) is 0 Å². The summed E-state index contributed by atoms with van der Waals surface area (Å²) in [6.07, 6.45) is 1.62. The Morgan fingerprint density at radius 2 is 2.00 bits per heavy atom. The number of hydrogen-bond acceptors (Lipinski definition) is 5. The first-order valence-electron chi connectivity index (χ1n) is 6.47. The SMILES string of the molecule is COc1cc(C=Nc2oc(C)c(C)c2C#N)cc(Br)c1OC. The highest BCUT2D eigenvalue weighted by Crippen LogP contribution is 2.36. The first-order chi connectivity index (χ1) is 10.5. The van der Waals surface area contributed by atoms with E-state index in [0.717, 1.165) is 15.6 Å². The van der Waals surface area contributed by atoms with E-state index in [1.807, 2.05) is 19.9 Å². The van der Waals surface area contributed by atoms with Crippen LogP contribution in [0.15, 0.2) is 26.0 Å². The molecule has 22 heavy (non-hydrogen) atoms. The van der Waals surface area contributed by atoms with Crippen LogP contribution in [0.25, 0.3) is 0 Å². The minimum absolute atomic E-state index is 0.309.